The van der Waals surface area contributed by atoms with Gasteiger partial charge in [0, 0.05) is 13.1 Å². The average molecular weight is 255 g/mol. The molecule has 1 saturated heterocycles. The lowest BCUT2D eigenvalue weighted by molar-refractivity contribution is -0.128. The van der Waals surface area contributed by atoms with E-state index < -0.39 is 6.10 Å². The minimum absolute atomic E-state index is 0.162. The summed E-state index contributed by atoms with van der Waals surface area (Å²) in [4.78, 5) is 11.9. The van der Waals surface area contributed by atoms with Crippen molar-refractivity contribution in [1.82, 2.24) is 5.32 Å². The number of anilines is 1. The number of benzene rings is 1. The zero-order valence-corrected chi connectivity index (χ0v) is 10.4. The van der Waals surface area contributed by atoms with Crippen LogP contribution < -0.4 is 10.6 Å². The molecule has 4 nitrogen and oxygen atoms in total. The number of rotatable bonds is 2. The summed E-state index contributed by atoms with van der Waals surface area (Å²) >= 11 is 6.01. The lowest BCUT2D eigenvalue weighted by Crippen LogP contribution is -2.45. The van der Waals surface area contributed by atoms with Gasteiger partial charge in [0.2, 0.25) is 0 Å². The number of amides is 1. The fourth-order valence-corrected chi connectivity index (χ4v) is 1.85. The van der Waals surface area contributed by atoms with Crippen molar-refractivity contribution in [3.63, 3.8) is 0 Å². The molecule has 2 rings (SSSR count). The summed E-state index contributed by atoms with van der Waals surface area (Å²) in [7, 11) is 0. The number of aryl methyl sites for hydroxylation is 1. The third kappa shape index (κ3) is 3.19. The zero-order valence-electron chi connectivity index (χ0n) is 9.63. The molecule has 0 bridgehead atoms. The summed E-state index contributed by atoms with van der Waals surface area (Å²) in [5, 5.41) is 6.43. The molecule has 92 valence electrons. The minimum atomic E-state index is -0.444. The molecule has 1 amide bonds. The topological polar surface area (TPSA) is 50.4 Å². The number of morpholine rings is 1. The molecular weight excluding hydrogens is 240 g/mol. The number of hydrogen-bond acceptors (Lipinski definition) is 3. The number of carbonyl (C=O) groups excluding carboxylic acids is 1. The number of halogens is 1. The first-order valence-electron chi connectivity index (χ1n) is 5.56. The molecule has 0 spiro atoms. The van der Waals surface area contributed by atoms with E-state index in [1.807, 2.05) is 19.1 Å². The van der Waals surface area contributed by atoms with Crippen LogP contribution in [0, 0.1) is 6.92 Å². The molecule has 1 aliphatic heterocycles. The zero-order chi connectivity index (χ0) is 12.3. The molecule has 0 aliphatic carbocycles. The third-order valence-corrected chi connectivity index (χ3v) is 2.93. The fraction of sp³-hybridized carbons (Fsp3) is 0.417. The molecule has 1 unspecified atom stereocenters. The van der Waals surface area contributed by atoms with Crippen LogP contribution >= 0.6 is 11.6 Å². The summed E-state index contributed by atoms with van der Waals surface area (Å²) in [5.41, 5.74) is 1.68. The first kappa shape index (κ1) is 12.4. The Kier molecular flexibility index (Phi) is 3.99. The second-order valence-corrected chi connectivity index (χ2v) is 4.44. The molecule has 1 aliphatic rings. The van der Waals surface area contributed by atoms with Crippen LogP contribution in [0.25, 0.3) is 0 Å². The highest BCUT2D eigenvalue weighted by molar-refractivity contribution is 6.33. The van der Waals surface area contributed by atoms with Crippen molar-refractivity contribution in [3.8, 4) is 0 Å². The molecule has 17 heavy (non-hydrogen) atoms. The Hall–Kier alpha value is -1.10. The van der Waals surface area contributed by atoms with Gasteiger partial charge in [0.1, 0.15) is 6.10 Å². The Balaban J connectivity index is 2.04. The predicted octanol–water partition coefficient (Wildman–Crippen LogP) is 1.58. The van der Waals surface area contributed by atoms with Gasteiger partial charge in [-0.15, -0.1) is 0 Å². The lowest BCUT2D eigenvalue weighted by atomic mass is 10.2. The van der Waals surface area contributed by atoms with Gasteiger partial charge in [0.25, 0.3) is 5.91 Å². The molecule has 2 N–H and O–H groups in total. The summed E-state index contributed by atoms with van der Waals surface area (Å²) in [6, 6.07) is 5.51. The van der Waals surface area contributed by atoms with E-state index in [0.717, 1.165) is 12.1 Å². The molecule has 1 fully saturated rings. The van der Waals surface area contributed by atoms with Crippen LogP contribution in [0.3, 0.4) is 0 Å². The third-order valence-electron chi connectivity index (χ3n) is 2.60. The standard InChI is InChI=1S/C12H15ClN2O2/c1-8-2-3-9(13)10(6-8)15-12(16)11-7-14-4-5-17-11/h2-3,6,11,14H,4-5,7H2,1H3,(H,15,16). The molecule has 0 saturated carbocycles. The van der Waals surface area contributed by atoms with E-state index in [4.69, 9.17) is 16.3 Å². The molecule has 1 aromatic carbocycles. The van der Waals surface area contributed by atoms with Gasteiger partial charge in [-0.1, -0.05) is 17.7 Å². The Bertz CT molecular complexity index is 417. The molecular formula is C12H15ClN2O2. The largest absolute Gasteiger partial charge is 0.366 e. The van der Waals surface area contributed by atoms with Gasteiger partial charge in [-0.2, -0.15) is 0 Å². The highest BCUT2D eigenvalue weighted by Gasteiger charge is 2.22. The molecule has 1 heterocycles. The van der Waals surface area contributed by atoms with Gasteiger partial charge in [-0.05, 0) is 24.6 Å². The van der Waals surface area contributed by atoms with Gasteiger partial charge < -0.3 is 15.4 Å². The van der Waals surface area contributed by atoms with Crippen molar-refractivity contribution in [2.45, 2.75) is 13.0 Å². The molecule has 0 aromatic heterocycles. The van der Waals surface area contributed by atoms with E-state index in [0.29, 0.717) is 23.9 Å². The quantitative estimate of drug-likeness (QED) is 0.843. The van der Waals surface area contributed by atoms with Crippen LogP contribution in [0.15, 0.2) is 18.2 Å². The van der Waals surface area contributed by atoms with Crippen molar-refractivity contribution in [3.05, 3.63) is 28.8 Å². The van der Waals surface area contributed by atoms with E-state index >= 15 is 0 Å². The van der Waals surface area contributed by atoms with Crippen LogP contribution in [0.5, 0.6) is 0 Å². The van der Waals surface area contributed by atoms with Gasteiger partial charge >= 0.3 is 0 Å². The van der Waals surface area contributed by atoms with Crippen LogP contribution in [-0.2, 0) is 9.53 Å². The Morgan fingerprint density at radius 3 is 3.12 bits per heavy atom. The van der Waals surface area contributed by atoms with Gasteiger partial charge in [-0.3, -0.25) is 4.79 Å². The van der Waals surface area contributed by atoms with E-state index in [9.17, 15) is 4.79 Å². The first-order valence-corrected chi connectivity index (χ1v) is 5.94. The van der Waals surface area contributed by atoms with Crippen molar-refractivity contribution in [1.29, 1.82) is 0 Å². The van der Waals surface area contributed by atoms with Crippen molar-refractivity contribution in [2.24, 2.45) is 0 Å². The van der Waals surface area contributed by atoms with Crippen LogP contribution in [0.2, 0.25) is 5.02 Å². The highest BCUT2D eigenvalue weighted by Crippen LogP contribution is 2.23. The van der Waals surface area contributed by atoms with Crippen molar-refractivity contribution >= 4 is 23.2 Å². The maximum Gasteiger partial charge on any atom is 0.254 e. The molecule has 1 aromatic rings. The van der Waals surface area contributed by atoms with E-state index in [1.165, 1.54) is 0 Å². The van der Waals surface area contributed by atoms with Gasteiger partial charge in [0.05, 0.1) is 17.3 Å². The van der Waals surface area contributed by atoms with Gasteiger partial charge in [-0.25, -0.2) is 0 Å². The minimum Gasteiger partial charge on any atom is -0.366 e. The second-order valence-electron chi connectivity index (χ2n) is 4.04. The summed E-state index contributed by atoms with van der Waals surface area (Å²) < 4.78 is 5.36. The summed E-state index contributed by atoms with van der Waals surface area (Å²) in [5.74, 6) is -0.162. The van der Waals surface area contributed by atoms with E-state index in [1.54, 1.807) is 6.07 Å². The predicted molar refractivity (Wildman–Crippen MR) is 67.4 cm³/mol. The monoisotopic (exact) mass is 254 g/mol. The van der Waals surface area contributed by atoms with Crippen LogP contribution in [0.1, 0.15) is 5.56 Å². The lowest BCUT2D eigenvalue weighted by Gasteiger charge is -2.23. The number of hydrogen-bond donors (Lipinski definition) is 2. The second kappa shape index (κ2) is 5.49. The average Bonchev–Trinajstić information content (AvgIpc) is 2.35. The molecule has 0 radical (unpaired) electrons. The highest BCUT2D eigenvalue weighted by atomic mass is 35.5. The van der Waals surface area contributed by atoms with Crippen LogP contribution in [0.4, 0.5) is 5.69 Å². The maximum absolute atomic E-state index is 11.9. The van der Waals surface area contributed by atoms with Crippen molar-refractivity contribution in [2.75, 3.05) is 25.0 Å². The number of nitrogens with one attached hydrogen (secondary N) is 2. The van der Waals surface area contributed by atoms with E-state index in [2.05, 4.69) is 10.6 Å². The maximum atomic E-state index is 11.9. The van der Waals surface area contributed by atoms with Gasteiger partial charge in [0.15, 0.2) is 0 Å². The summed E-state index contributed by atoms with van der Waals surface area (Å²) in [6.45, 7) is 3.83. The fourth-order valence-electron chi connectivity index (χ4n) is 1.68. The summed E-state index contributed by atoms with van der Waals surface area (Å²) in [6.07, 6.45) is -0.444. The SMILES string of the molecule is Cc1ccc(Cl)c(NC(=O)C2CNCCO2)c1. The molecule has 5 heteroatoms. The first-order chi connectivity index (χ1) is 8.16. The van der Waals surface area contributed by atoms with Crippen molar-refractivity contribution < 1.29 is 9.53 Å². The normalized spacial score (nSPS) is 20.0. The Morgan fingerprint density at radius 2 is 2.41 bits per heavy atom. The Morgan fingerprint density at radius 1 is 1.59 bits per heavy atom. The van der Waals surface area contributed by atoms with E-state index in [-0.39, 0.29) is 5.91 Å². The molecule has 1 atom stereocenters. The number of ether oxygens (including phenoxy) is 1. The van der Waals surface area contributed by atoms with Crippen LogP contribution in [-0.4, -0.2) is 31.7 Å². The smallest absolute Gasteiger partial charge is 0.254 e. The number of carbonyl (C=O) groups is 1. The Labute approximate surface area is 105 Å².